The lowest BCUT2D eigenvalue weighted by Crippen LogP contribution is -2.60. The highest BCUT2D eigenvalue weighted by Crippen LogP contribution is 2.48. The summed E-state index contributed by atoms with van der Waals surface area (Å²) in [5, 5.41) is 8.42. The summed E-state index contributed by atoms with van der Waals surface area (Å²) in [5.41, 5.74) is 1.49. The molecule has 1 N–H and O–H groups in total. The third-order valence-electron chi connectivity index (χ3n) is 4.82. The van der Waals surface area contributed by atoms with Crippen molar-refractivity contribution in [3.8, 4) is 0 Å². The first kappa shape index (κ1) is 20.2. The second-order valence-corrected chi connectivity index (χ2v) is 12.5. The van der Waals surface area contributed by atoms with Crippen molar-refractivity contribution >= 4 is 20.3 Å². The van der Waals surface area contributed by atoms with E-state index in [1.165, 1.54) is 0 Å². The number of carboxylic acid groups (broad SMARTS) is 1. The molecule has 0 saturated heterocycles. The zero-order valence-electron chi connectivity index (χ0n) is 15.4. The Bertz CT molecular complexity index is 595. The molecule has 1 aromatic carbocycles. The van der Waals surface area contributed by atoms with Gasteiger partial charge in [0.2, 0.25) is 0 Å². The Balaban J connectivity index is 3.39. The number of carbonyl (C=O) groups is 2. The lowest BCUT2D eigenvalue weighted by molar-refractivity contribution is -0.133. The summed E-state index contributed by atoms with van der Waals surface area (Å²) in [7, 11) is -2.65. The molecule has 132 valence electrons. The Labute approximate surface area is 145 Å². The van der Waals surface area contributed by atoms with E-state index in [0.717, 1.165) is 17.7 Å². The van der Waals surface area contributed by atoms with Crippen LogP contribution in [0.15, 0.2) is 42.5 Å². The second kappa shape index (κ2) is 7.79. The molecule has 0 radical (unpaired) electrons. The Morgan fingerprint density at radius 2 is 1.54 bits per heavy atom. The van der Waals surface area contributed by atoms with Crippen molar-refractivity contribution in [1.29, 1.82) is 0 Å². The van der Waals surface area contributed by atoms with Gasteiger partial charge in [0.1, 0.15) is 0 Å². The average molecular weight is 349 g/mol. The van der Waals surface area contributed by atoms with Crippen LogP contribution in [-0.2, 0) is 19.1 Å². The molecule has 0 amide bonds. The predicted octanol–water partition coefficient (Wildman–Crippen LogP) is 4.45. The van der Waals surface area contributed by atoms with Crippen LogP contribution in [0.25, 0.3) is 0 Å². The molecule has 0 spiro atoms. The van der Waals surface area contributed by atoms with Crippen LogP contribution >= 0.6 is 0 Å². The summed E-state index contributed by atoms with van der Waals surface area (Å²) in [4.78, 5) is 23.0. The van der Waals surface area contributed by atoms with E-state index in [0.29, 0.717) is 0 Å². The van der Waals surface area contributed by atoms with Gasteiger partial charge in [-0.1, -0.05) is 71.9 Å². The van der Waals surface area contributed by atoms with Gasteiger partial charge in [0, 0.05) is 17.2 Å². The van der Waals surface area contributed by atoms with Crippen molar-refractivity contribution in [3.05, 3.63) is 48.0 Å². The number of aliphatic carboxylic acids is 1. The molecule has 0 aromatic heterocycles. The zero-order valence-corrected chi connectivity index (χ0v) is 16.4. The van der Waals surface area contributed by atoms with E-state index >= 15 is 0 Å². The van der Waals surface area contributed by atoms with Gasteiger partial charge in [0.15, 0.2) is 0 Å². The minimum absolute atomic E-state index is 0.176. The molecule has 1 aromatic rings. The van der Waals surface area contributed by atoms with E-state index in [2.05, 4.69) is 53.7 Å². The lowest BCUT2D eigenvalue weighted by atomic mass is 10.0. The van der Waals surface area contributed by atoms with Crippen molar-refractivity contribution in [1.82, 2.24) is 0 Å². The van der Waals surface area contributed by atoms with E-state index in [4.69, 9.17) is 9.53 Å². The van der Waals surface area contributed by atoms with Gasteiger partial charge in [-0.3, -0.25) is 0 Å². The second-order valence-electron chi connectivity index (χ2n) is 7.19. The molecule has 0 bridgehead atoms. The molecule has 0 atom stereocenters. The molecule has 1 rings (SSSR count). The summed E-state index contributed by atoms with van der Waals surface area (Å²) in [6.45, 7) is 12.6. The van der Waals surface area contributed by atoms with Crippen LogP contribution in [0.5, 0.6) is 0 Å². The topological polar surface area (TPSA) is 63.6 Å². The summed E-state index contributed by atoms with van der Waals surface area (Å²) in [6.07, 6.45) is 1.84. The van der Waals surface area contributed by atoms with Gasteiger partial charge in [0.25, 0.3) is 8.32 Å². The maximum Gasteiger partial charge on any atom is 0.328 e. The van der Waals surface area contributed by atoms with E-state index < -0.39 is 20.3 Å². The molecule has 0 heterocycles. The fourth-order valence-corrected chi connectivity index (χ4v) is 9.86. The van der Waals surface area contributed by atoms with Crippen molar-refractivity contribution in [2.75, 3.05) is 0 Å². The number of benzene rings is 1. The summed E-state index contributed by atoms with van der Waals surface area (Å²) >= 11 is 0. The number of carboxylic acids is 1. The third kappa shape index (κ3) is 3.95. The van der Waals surface area contributed by atoms with Crippen LogP contribution in [0.3, 0.4) is 0 Å². The number of hydrogen-bond donors (Lipinski definition) is 1. The van der Waals surface area contributed by atoms with E-state index in [-0.39, 0.29) is 16.1 Å². The molecule has 0 aliphatic rings. The first-order valence-electron chi connectivity index (χ1n) is 8.25. The normalized spacial score (nSPS) is 12.8. The Morgan fingerprint density at radius 1 is 1.04 bits per heavy atom. The minimum Gasteiger partial charge on any atom is -0.515 e. The fraction of sp³-hybridized carbons (Fsp3) is 0.474. The predicted molar refractivity (Wildman–Crippen MR) is 98.3 cm³/mol. The molecular weight excluding hydrogens is 320 g/mol. The summed E-state index contributed by atoms with van der Waals surface area (Å²) < 4.78 is 6.08. The van der Waals surface area contributed by atoms with E-state index in [1.54, 1.807) is 0 Å². The quantitative estimate of drug-likeness (QED) is 0.584. The maximum atomic E-state index is 12.3. The van der Waals surface area contributed by atoms with Gasteiger partial charge in [-0.2, -0.15) is 0 Å². The summed E-state index contributed by atoms with van der Waals surface area (Å²) in [6, 6.07) is 10.1. The van der Waals surface area contributed by atoms with E-state index in [1.807, 2.05) is 18.2 Å². The van der Waals surface area contributed by atoms with Crippen LogP contribution in [0.4, 0.5) is 0 Å². The van der Waals surface area contributed by atoms with Crippen LogP contribution in [0.1, 0.15) is 47.1 Å². The lowest BCUT2D eigenvalue weighted by Gasteiger charge is -2.49. The van der Waals surface area contributed by atoms with Gasteiger partial charge < -0.3 is 9.53 Å². The molecular formula is C19H28O4Si. The molecule has 0 unspecified atom stereocenters. The van der Waals surface area contributed by atoms with Crippen LogP contribution in [-0.4, -0.2) is 25.4 Å². The van der Waals surface area contributed by atoms with Gasteiger partial charge in [-0.25, -0.2) is 9.59 Å². The highest BCUT2D eigenvalue weighted by Gasteiger charge is 2.57. The number of hydrogen-bond acceptors (Lipinski definition) is 3. The number of rotatable bonds is 7. The molecule has 0 aliphatic heterocycles. The third-order valence-corrected chi connectivity index (χ3v) is 11.0. The minimum atomic E-state index is -2.65. The van der Waals surface area contributed by atoms with Gasteiger partial charge in [-0.15, -0.1) is 0 Å². The fourth-order valence-electron chi connectivity index (χ4n) is 3.89. The zero-order chi connectivity index (χ0) is 18.5. The first-order valence-corrected chi connectivity index (χ1v) is 10.3. The van der Waals surface area contributed by atoms with Crippen LogP contribution < -0.4 is 0 Å². The molecule has 0 fully saturated rings. The number of carbonyl (C=O) groups excluding carboxylic acids is 1. The highest BCUT2D eigenvalue weighted by atomic mass is 28.4. The van der Waals surface area contributed by atoms with Gasteiger partial charge >= 0.3 is 11.9 Å². The van der Waals surface area contributed by atoms with Crippen molar-refractivity contribution in [2.45, 2.75) is 57.7 Å². The summed E-state index contributed by atoms with van der Waals surface area (Å²) in [5.74, 6) is -1.73. The highest BCUT2D eigenvalue weighted by molar-refractivity contribution is 6.80. The Kier molecular flexibility index (Phi) is 6.55. The maximum absolute atomic E-state index is 12.3. The molecule has 4 nitrogen and oxygen atoms in total. The SMILES string of the molecule is CC(C)[Si](OC(=O)/C=C\C(=O)O)(C(C)C)C(C)(C)c1ccccc1. The van der Waals surface area contributed by atoms with Crippen LogP contribution in [0, 0.1) is 0 Å². The molecule has 24 heavy (non-hydrogen) atoms. The van der Waals surface area contributed by atoms with Crippen molar-refractivity contribution in [3.63, 3.8) is 0 Å². The van der Waals surface area contributed by atoms with Crippen LogP contribution in [0.2, 0.25) is 11.1 Å². The smallest absolute Gasteiger partial charge is 0.328 e. The molecule has 5 heteroatoms. The van der Waals surface area contributed by atoms with Gasteiger partial charge in [0.05, 0.1) is 0 Å². The monoisotopic (exact) mass is 348 g/mol. The molecule has 0 aliphatic carbocycles. The first-order chi connectivity index (χ1) is 11.1. The Hall–Kier alpha value is -1.88. The van der Waals surface area contributed by atoms with Gasteiger partial charge in [-0.05, 0) is 16.6 Å². The van der Waals surface area contributed by atoms with Crippen molar-refractivity contribution < 1.29 is 19.1 Å². The van der Waals surface area contributed by atoms with E-state index in [9.17, 15) is 9.59 Å². The largest absolute Gasteiger partial charge is 0.515 e. The van der Waals surface area contributed by atoms with Crippen molar-refractivity contribution in [2.24, 2.45) is 0 Å². The standard InChI is InChI=1S/C19H28O4Si/c1-14(2)24(15(3)4,23-18(22)13-12-17(20)21)19(5,6)16-10-8-7-9-11-16/h7-15H,1-6H3,(H,20,21)/b13-12-. The molecule has 0 saturated carbocycles. The Morgan fingerprint density at radius 3 is 1.96 bits per heavy atom. The average Bonchev–Trinajstić information content (AvgIpc) is 2.50.